The fourth-order valence-corrected chi connectivity index (χ4v) is 3.20. The average Bonchev–Trinajstić information content (AvgIpc) is 3.03. The van der Waals surface area contributed by atoms with Crippen LogP contribution in [0, 0.1) is 0 Å². The molecule has 0 aliphatic rings. The van der Waals surface area contributed by atoms with E-state index in [-0.39, 0.29) is 24.2 Å². The van der Waals surface area contributed by atoms with Crippen molar-refractivity contribution in [2.45, 2.75) is 12.6 Å². The third-order valence-corrected chi connectivity index (χ3v) is 4.68. The molecule has 0 unspecified atom stereocenters. The number of hydrogen-bond donors (Lipinski definition) is 1. The molecule has 2 heterocycles. The number of pyridine rings is 1. The van der Waals surface area contributed by atoms with Crippen LogP contribution in [-0.2, 0) is 11.3 Å². The van der Waals surface area contributed by atoms with Crippen LogP contribution in [0.2, 0.25) is 5.02 Å². The lowest BCUT2D eigenvalue weighted by Gasteiger charge is -2.20. The molecule has 6 nitrogen and oxygen atoms in total. The van der Waals surface area contributed by atoms with Crippen molar-refractivity contribution in [2.75, 3.05) is 0 Å². The number of carbonyl (C=O) groups is 1. The summed E-state index contributed by atoms with van der Waals surface area (Å²) in [5, 5.41) is 7.83. The molecule has 0 aliphatic carbocycles. The molecule has 0 spiro atoms. The first kappa shape index (κ1) is 18.0. The van der Waals surface area contributed by atoms with Crippen LogP contribution in [0.1, 0.15) is 17.2 Å². The third-order valence-electron chi connectivity index (χ3n) is 4.42. The second-order valence-electron chi connectivity index (χ2n) is 6.33. The van der Waals surface area contributed by atoms with Crippen LogP contribution >= 0.6 is 11.6 Å². The van der Waals surface area contributed by atoms with Crippen molar-refractivity contribution in [2.24, 2.45) is 0 Å². The van der Waals surface area contributed by atoms with Gasteiger partial charge in [-0.3, -0.25) is 9.20 Å². The van der Waals surface area contributed by atoms with Gasteiger partial charge in [0.05, 0.1) is 6.04 Å². The molecule has 1 N–H and O–H groups in total. The van der Waals surface area contributed by atoms with Gasteiger partial charge in [-0.2, -0.15) is 0 Å². The van der Waals surface area contributed by atoms with Crippen LogP contribution in [0.4, 0.5) is 0 Å². The largest absolute Gasteiger partial charge is 0.350 e. The van der Waals surface area contributed by atoms with Gasteiger partial charge in [-0.15, -0.1) is 5.10 Å². The number of halogens is 1. The van der Waals surface area contributed by atoms with Crippen molar-refractivity contribution in [3.63, 3.8) is 0 Å². The van der Waals surface area contributed by atoms with E-state index in [1.807, 2.05) is 42.5 Å². The van der Waals surface area contributed by atoms with Crippen LogP contribution in [0.15, 0.2) is 83.8 Å². The van der Waals surface area contributed by atoms with E-state index in [0.29, 0.717) is 10.7 Å². The number of benzene rings is 2. The fourth-order valence-electron chi connectivity index (χ4n) is 3.07. The Hall–Kier alpha value is -3.38. The Bertz CT molecular complexity index is 1170. The molecule has 0 saturated carbocycles. The molecule has 140 valence electrons. The molecule has 1 amide bonds. The maximum atomic E-state index is 12.7. The summed E-state index contributed by atoms with van der Waals surface area (Å²) >= 11 is 6.00. The normalized spacial score (nSPS) is 12.0. The van der Waals surface area contributed by atoms with Crippen molar-refractivity contribution in [1.82, 2.24) is 19.5 Å². The second-order valence-corrected chi connectivity index (χ2v) is 6.77. The van der Waals surface area contributed by atoms with E-state index in [9.17, 15) is 9.59 Å². The van der Waals surface area contributed by atoms with Gasteiger partial charge in [0.2, 0.25) is 5.91 Å². The van der Waals surface area contributed by atoms with Gasteiger partial charge in [0, 0.05) is 11.2 Å². The molecule has 0 bridgehead atoms. The van der Waals surface area contributed by atoms with Gasteiger partial charge in [0.25, 0.3) is 0 Å². The number of fused-ring (bicyclic) bond motifs is 1. The first-order valence-electron chi connectivity index (χ1n) is 8.76. The molecular formula is C21H17ClN4O2. The Morgan fingerprint density at radius 2 is 1.64 bits per heavy atom. The molecule has 2 aromatic carbocycles. The van der Waals surface area contributed by atoms with Crippen LogP contribution in [-0.4, -0.2) is 20.1 Å². The first-order chi connectivity index (χ1) is 13.6. The van der Waals surface area contributed by atoms with E-state index in [1.54, 1.807) is 36.5 Å². The zero-order valence-corrected chi connectivity index (χ0v) is 15.6. The van der Waals surface area contributed by atoms with E-state index in [0.717, 1.165) is 15.8 Å². The van der Waals surface area contributed by atoms with Crippen LogP contribution in [0.25, 0.3) is 5.65 Å². The lowest BCUT2D eigenvalue weighted by atomic mass is 9.99. The monoisotopic (exact) mass is 392 g/mol. The van der Waals surface area contributed by atoms with E-state index >= 15 is 0 Å². The molecule has 7 heteroatoms. The summed E-state index contributed by atoms with van der Waals surface area (Å²) in [6.45, 7) is -0.169. The van der Waals surface area contributed by atoms with Crippen molar-refractivity contribution in [3.8, 4) is 0 Å². The summed E-state index contributed by atoms with van der Waals surface area (Å²) in [5.74, 6) is -0.311. The van der Waals surface area contributed by atoms with Crippen LogP contribution in [0.3, 0.4) is 0 Å². The summed E-state index contributed by atoms with van der Waals surface area (Å²) in [5.41, 5.74) is 1.97. The molecule has 0 fully saturated rings. The highest BCUT2D eigenvalue weighted by Crippen LogP contribution is 2.23. The zero-order valence-electron chi connectivity index (χ0n) is 14.8. The van der Waals surface area contributed by atoms with E-state index in [4.69, 9.17) is 11.6 Å². The molecule has 4 aromatic rings. The van der Waals surface area contributed by atoms with Crippen LogP contribution in [0.5, 0.6) is 0 Å². The topological polar surface area (TPSA) is 68.4 Å². The standard InChI is InChI=1S/C21H17ClN4O2/c22-17-11-9-16(10-12-17)20(15-6-2-1-3-7-15)23-19(27)14-26-21(28)25-13-5-4-8-18(25)24-26/h1-13,20H,14H2,(H,23,27)/t20-/m1/s1. The summed E-state index contributed by atoms with van der Waals surface area (Å²) in [4.78, 5) is 25.1. The summed E-state index contributed by atoms with van der Waals surface area (Å²) in [7, 11) is 0. The van der Waals surface area contributed by atoms with Crippen molar-refractivity contribution < 1.29 is 4.79 Å². The second kappa shape index (κ2) is 7.70. The molecule has 2 aromatic heterocycles. The molecule has 28 heavy (non-hydrogen) atoms. The number of carbonyl (C=O) groups excluding carboxylic acids is 1. The molecule has 0 aliphatic heterocycles. The van der Waals surface area contributed by atoms with E-state index in [2.05, 4.69) is 10.4 Å². The highest BCUT2D eigenvalue weighted by molar-refractivity contribution is 6.30. The molecule has 4 rings (SSSR count). The SMILES string of the molecule is O=C(Cn1nc2ccccn2c1=O)N[C@H](c1ccccc1)c1ccc(Cl)cc1. The van der Waals surface area contributed by atoms with E-state index in [1.165, 1.54) is 4.40 Å². The highest BCUT2D eigenvalue weighted by atomic mass is 35.5. The minimum Gasteiger partial charge on any atom is -0.344 e. The van der Waals surface area contributed by atoms with Gasteiger partial charge < -0.3 is 5.32 Å². The molecule has 0 saturated heterocycles. The van der Waals surface area contributed by atoms with Gasteiger partial charge in [0.1, 0.15) is 6.54 Å². The first-order valence-corrected chi connectivity index (χ1v) is 9.13. The number of aromatic nitrogens is 3. The predicted molar refractivity (Wildman–Crippen MR) is 107 cm³/mol. The Morgan fingerprint density at radius 1 is 0.964 bits per heavy atom. The Morgan fingerprint density at radius 3 is 2.36 bits per heavy atom. The Balaban J connectivity index is 1.61. The number of nitrogens with zero attached hydrogens (tertiary/aromatic N) is 3. The average molecular weight is 393 g/mol. The van der Waals surface area contributed by atoms with Gasteiger partial charge in [-0.05, 0) is 35.4 Å². The number of amides is 1. The summed E-state index contributed by atoms with van der Waals surface area (Å²) in [6, 6.07) is 21.8. The zero-order chi connectivity index (χ0) is 19.5. The van der Waals surface area contributed by atoms with E-state index < -0.39 is 0 Å². The molecule has 0 radical (unpaired) electrons. The maximum Gasteiger partial charge on any atom is 0.350 e. The lowest BCUT2D eigenvalue weighted by molar-refractivity contribution is -0.122. The fraction of sp³-hybridized carbons (Fsp3) is 0.0952. The molecule has 1 atom stereocenters. The van der Waals surface area contributed by atoms with Gasteiger partial charge in [-0.25, -0.2) is 9.48 Å². The third kappa shape index (κ3) is 3.68. The van der Waals surface area contributed by atoms with Crippen molar-refractivity contribution >= 4 is 23.2 Å². The highest BCUT2D eigenvalue weighted by Gasteiger charge is 2.18. The smallest absolute Gasteiger partial charge is 0.344 e. The summed E-state index contributed by atoms with van der Waals surface area (Å²) < 4.78 is 2.57. The maximum absolute atomic E-state index is 12.7. The number of rotatable bonds is 5. The van der Waals surface area contributed by atoms with Crippen LogP contribution < -0.4 is 11.0 Å². The Kier molecular flexibility index (Phi) is 4.95. The summed E-state index contributed by atoms with van der Waals surface area (Å²) in [6.07, 6.45) is 1.62. The lowest BCUT2D eigenvalue weighted by Crippen LogP contribution is -2.35. The van der Waals surface area contributed by atoms with Crippen molar-refractivity contribution in [3.05, 3.63) is 106 Å². The quantitative estimate of drug-likeness (QED) is 0.567. The molecular weight excluding hydrogens is 376 g/mol. The van der Waals surface area contributed by atoms with Gasteiger partial charge >= 0.3 is 5.69 Å². The Labute approximate surface area is 166 Å². The number of nitrogens with one attached hydrogen (secondary N) is 1. The minimum atomic E-state index is -0.362. The number of hydrogen-bond acceptors (Lipinski definition) is 3. The van der Waals surface area contributed by atoms with Crippen molar-refractivity contribution in [1.29, 1.82) is 0 Å². The predicted octanol–water partition coefficient (Wildman–Crippen LogP) is 3.06. The minimum absolute atomic E-state index is 0.169. The van der Waals surface area contributed by atoms with Gasteiger partial charge in [0.15, 0.2) is 5.65 Å². The van der Waals surface area contributed by atoms with Gasteiger partial charge in [-0.1, -0.05) is 60.1 Å².